The Morgan fingerprint density at radius 3 is 1.94 bits per heavy atom. The minimum Gasteiger partial charge on any atom is -0.393 e. The first kappa shape index (κ1) is 36.6. The van der Waals surface area contributed by atoms with E-state index < -0.39 is 81.2 Å². The summed E-state index contributed by atoms with van der Waals surface area (Å²) in [7, 11) is 0. The third-order valence-electron chi connectivity index (χ3n) is 17.9. The van der Waals surface area contributed by atoms with Crippen LogP contribution in [0.5, 0.6) is 0 Å². The molecular weight excluding hydrogens is 664 g/mol. The van der Waals surface area contributed by atoms with Crippen LogP contribution in [-0.4, -0.2) is 90.4 Å². The van der Waals surface area contributed by atoms with Gasteiger partial charge < -0.3 is 30.6 Å². The van der Waals surface area contributed by atoms with Crippen LogP contribution < -0.4 is 0 Å². The summed E-state index contributed by atoms with van der Waals surface area (Å²) >= 11 is 0. The van der Waals surface area contributed by atoms with Gasteiger partial charge in [-0.3, -0.25) is 19.2 Å². The molecule has 8 aliphatic rings. The van der Waals surface area contributed by atoms with E-state index in [9.17, 15) is 49.8 Å². The molecule has 0 bridgehead atoms. The standard InChI is InChI=1S/C42H56O10/c1-36-12-9-24(45)15-22(36)6-8-29-28-11-14-41(52,34(50)21-44)38(28,3)19-32(48)42(29,36)31-17-25(46)16-23-5-7-26-27-10-13-40(51,33(49)20-43)37(27,2)18-30(47)35(26)39(23,31)4/h15-17,26-30,32,35,43-44,47-48,51-52H,5-14,18-21H2,1-4H3/t26-,27-,28-,29-,30-,32-,35+,36-,37-,38-,39+,40-,41-,42-/m0/s1. The van der Waals surface area contributed by atoms with Crippen molar-refractivity contribution < 1.29 is 49.8 Å². The zero-order chi connectivity index (χ0) is 37.6. The molecule has 6 fully saturated rings. The lowest BCUT2D eigenvalue weighted by Gasteiger charge is -2.72. The molecule has 0 unspecified atom stereocenters. The summed E-state index contributed by atoms with van der Waals surface area (Å²) in [5.74, 6) is -2.63. The summed E-state index contributed by atoms with van der Waals surface area (Å²) in [6.45, 7) is 6.40. The highest BCUT2D eigenvalue weighted by Crippen LogP contribution is 2.79. The molecule has 0 spiro atoms. The molecule has 0 heterocycles. The largest absolute Gasteiger partial charge is 0.393 e. The molecular formula is C42H56O10. The monoisotopic (exact) mass is 720 g/mol. The number of allylic oxidation sites excluding steroid dienone is 4. The van der Waals surface area contributed by atoms with Crippen LogP contribution in [0.1, 0.15) is 105 Å². The van der Waals surface area contributed by atoms with Gasteiger partial charge in [0.05, 0.1) is 12.2 Å². The molecule has 6 saturated carbocycles. The Labute approximate surface area is 305 Å². The second kappa shape index (κ2) is 11.4. The van der Waals surface area contributed by atoms with Crippen molar-refractivity contribution in [3.63, 3.8) is 0 Å². The number of rotatable bonds is 5. The quantitative estimate of drug-likeness (QED) is 0.246. The topological polar surface area (TPSA) is 190 Å². The molecule has 0 aromatic carbocycles. The first-order chi connectivity index (χ1) is 24.3. The molecule has 6 N–H and O–H groups in total. The number of hydrogen-bond acceptors (Lipinski definition) is 10. The van der Waals surface area contributed by atoms with E-state index in [1.165, 1.54) is 0 Å². The Morgan fingerprint density at radius 2 is 1.31 bits per heavy atom. The first-order valence-electron chi connectivity index (χ1n) is 19.7. The van der Waals surface area contributed by atoms with Gasteiger partial charge in [-0.2, -0.15) is 0 Å². The van der Waals surface area contributed by atoms with Gasteiger partial charge in [-0.05, 0) is 118 Å². The molecule has 0 radical (unpaired) electrons. The zero-order valence-electron chi connectivity index (χ0n) is 31.0. The van der Waals surface area contributed by atoms with Crippen molar-refractivity contribution in [3.8, 4) is 0 Å². The number of ketones is 4. The van der Waals surface area contributed by atoms with E-state index in [2.05, 4.69) is 13.8 Å². The van der Waals surface area contributed by atoms with Crippen molar-refractivity contribution in [1.82, 2.24) is 0 Å². The summed E-state index contributed by atoms with van der Waals surface area (Å²) in [6.07, 6.45) is 7.77. The summed E-state index contributed by atoms with van der Waals surface area (Å²) < 4.78 is 0. The molecule has 0 saturated heterocycles. The van der Waals surface area contributed by atoms with Gasteiger partial charge in [0.1, 0.15) is 24.4 Å². The van der Waals surface area contributed by atoms with Crippen LogP contribution in [0.3, 0.4) is 0 Å². The molecule has 0 amide bonds. The molecule has 0 aromatic rings. The first-order valence-corrected chi connectivity index (χ1v) is 19.7. The Balaban J connectivity index is 1.33. The summed E-state index contributed by atoms with van der Waals surface area (Å²) in [5.41, 5.74) is -5.74. The average molecular weight is 721 g/mol. The molecule has 0 aliphatic heterocycles. The highest BCUT2D eigenvalue weighted by molar-refractivity contribution is 6.02. The Hall–Kier alpha value is -2.34. The maximum Gasteiger partial charge on any atom is 0.190 e. The number of carbonyl (C=O) groups is 4. The summed E-state index contributed by atoms with van der Waals surface area (Å²) in [5, 5.41) is 69.5. The van der Waals surface area contributed by atoms with Gasteiger partial charge in [0.2, 0.25) is 0 Å². The van der Waals surface area contributed by atoms with Crippen molar-refractivity contribution in [2.24, 2.45) is 56.7 Å². The number of aliphatic hydroxyl groups excluding tert-OH is 4. The lowest BCUT2D eigenvalue weighted by atomic mass is 9.32. The van der Waals surface area contributed by atoms with Gasteiger partial charge in [0.15, 0.2) is 23.1 Å². The fourth-order valence-electron chi connectivity index (χ4n) is 15.5. The third-order valence-corrected chi connectivity index (χ3v) is 17.9. The Kier molecular flexibility index (Phi) is 8.00. The van der Waals surface area contributed by atoms with E-state index in [1.54, 1.807) is 18.2 Å². The van der Waals surface area contributed by atoms with E-state index in [0.717, 1.165) is 16.7 Å². The van der Waals surface area contributed by atoms with Gasteiger partial charge in [0.25, 0.3) is 0 Å². The fourth-order valence-corrected chi connectivity index (χ4v) is 15.5. The molecule has 8 aliphatic carbocycles. The Morgan fingerprint density at radius 1 is 0.712 bits per heavy atom. The zero-order valence-corrected chi connectivity index (χ0v) is 31.0. The maximum atomic E-state index is 14.0. The van der Waals surface area contributed by atoms with Gasteiger partial charge in [-0.15, -0.1) is 0 Å². The molecule has 284 valence electrons. The SMILES string of the molecule is C[C@@]12C(=CC(=O)C=C1[C@]13[C@@H](O)C[C@@]4(C)[C@@H](CC[C@]4(O)C(=O)CO)[C@@H]1CCC1=CC(=O)CC[C@@]13C)CC[C@@H]1[C@@H]2[C@@H](O)C[C@@]2(C)[C@H]1CC[C@]2(O)C(=O)CO. The molecule has 0 aromatic heterocycles. The van der Waals surface area contributed by atoms with Crippen LogP contribution >= 0.6 is 0 Å². The predicted molar refractivity (Wildman–Crippen MR) is 188 cm³/mol. The normalized spacial score (nSPS) is 52.2. The summed E-state index contributed by atoms with van der Waals surface area (Å²) in [6, 6.07) is 0. The Bertz CT molecular complexity index is 1740. The van der Waals surface area contributed by atoms with Crippen molar-refractivity contribution in [3.05, 3.63) is 34.9 Å². The number of carbonyl (C=O) groups excluding carboxylic acids is 4. The van der Waals surface area contributed by atoms with Crippen LogP contribution in [-0.2, 0) is 19.2 Å². The van der Waals surface area contributed by atoms with Gasteiger partial charge in [0, 0.05) is 39.4 Å². The summed E-state index contributed by atoms with van der Waals surface area (Å²) in [4.78, 5) is 53.5. The molecule has 8 rings (SSSR count). The molecule has 10 heteroatoms. The third kappa shape index (κ3) is 4.02. The second-order valence-corrected chi connectivity index (χ2v) is 19.0. The lowest BCUT2D eigenvalue weighted by Crippen LogP contribution is -2.70. The minimum atomic E-state index is -1.82. The van der Waals surface area contributed by atoms with Crippen LogP contribution in [0.4, 0.5) is 0 Å². The van der Waals surface area contributed by atoms with Crippen molar-refractivity contribution >= 4 is 23.1 Å². The van der Waals surface area contributed by atoms with E-state index in [1.807, 2.05) is 13.8 Å². The van der Waals surface area contributed by atoms with Gasteiger partial charge >= 0.3 is 0 Å². The lowest BCUT2D eigenvalue weighted by molar-refractivity contribution is -0.217. The number of fused-ring (bicyclic) bond motifs is 10. The second-order valence-electron chi connectivity index (χ2n) is 19.0. The van der Waals surface area contributed by atoms with Crippen LogP contribution in [0.15, 0.2) is 34.9 Å². The average Bonchev–Trinajstić information content (AvgIpc) is 3.52. The molecule has 10 nitrogen and oxygen atoms in total. The van der Waals surface area contributed by atoms with Crippen LogP contribution in [0, 0.1) is 56.7 Å². The van der Waals surface area contributed by atoms with E-state index in [-0.39, 0.29) is 67.3 Å². The smallest absolute Gasteiger partial charge is 0.190 e. The van der Waals surface area contributed by atoms with Crippen molar-refractivity contribution in [1.29, 1.82) is 0 Å². The van der Waals surface area contributed by atoms with Crippen molar-refractivity contribution in [2.75, 3.05) is 13.2 Å². The number of hydrogen-bond donors (Lipinski definition) is 6. The molecule has 52 heavy (non-hydrogen) atoms. The molecule has 14 atom stereocenters. The van der Waals surface area contributed by atoms with E-state index in [4.69, 9.17) is 0 Å². The van der Waals surface area contributed by atoms with Crippen molar-refractivity contribution in [2.45, 2.75) is 128 Å². The van der Waals surface area contributed by atoms with Gasteiger partial charge in [-0.25, -0.2) is 0 Å². The fraction of sp³-hybridized carbons (Fsp3) is 0.762. The van der Waals surface area contributed by atoms with E-state index in [0.29, 0.717) is 44.9 Å². The predicted octanol–water partition coefficient (Wildman–Crippen LogP) is 3.09. The minimum absolute atomic E-state index is 0.0337. The number of Topliss-reactive ketones (excluding diaryl/α,β-unsaturated/α-hetero) is 2. The van der Waals surface area contributed by atoms with Gasteiger partial charge in [-0.1, -0.05) is 38.8 Å². The highest BCUT2D eigenvalue weighted by atomic mass is 16.3. The van der Waals surface area contributed by atoms with Crippen LogP contribution in [0.25, 0.3) is 0 Å². The maximum absolute atomic E-state index is 14.0. The van der Waals surface area contributed by atoms with E-state index >= 15 is 0 Å². The van der Waals surface area contributed by atoms with Crippen LogP contribution in [0.2, 0.25) is 0 Å². The number of aliphatic hydroxyl groups is 6. The highest BCUT2D eigenvalue weighted by Gasteiger charge is 2.77.